The highest BCUT2D eigenvalue weighted by Gasteiger charge is 2.31. The van der Waals surface area contributed by atoms with Crippen molar-refractivity contribution in [2.45, 2.75) is 39.8 Å². The molecular weight excluding hydrogens is 284 g/mol. The first kappa shape index (κ1) is 15.6. The normalized spacial score (nSPS) is 17.1. The second-order valence-electron chi connectivity index (χ2n) is 6.31. The van der Waals surface area contributed by atoms with Crippen LogP contribution < -0.4 is 9.80 Å². The maximum Gasteiger partial charge on any atom is 0.224 e. The Kier molecular flexibility index (Phi) is 4.37. The van der Waals surface area contributed by atoms with Crippen molar-refractivity contribution in [3.8, 4) is 0 Å². The number of fused-ring (bicyclic) bond motifs is 1. The molecule has 0 saturated heterocycles. The first-order valence-corrected chi connectivity index (χ1v) is 8.29. The molecule has 0 spiro atoms. The molecule has 1 atom stereocenters. The number of aryl methyl sites for hydroxylation is 1. The van der Waals surface area contributed by atoms with E-state index in [1.165, 1.54) is 11.1 Å². The minimum atomic E-state index is 0.125. The van der Waals surface area contributed by atoms with Gasteiger partial charge in [-0.3, -0.25) is 4.79 Å². The van der Waals surface area contributed by atoms with Crippen molar-refractivity contribution in [3.05, 3.63) is 59.7 Å². The lowest BCUT2D eigenvalue weighted by Gasteiger charge is -2.43. The third-order valence-electron chi connectivity index (χ3n) is 4.54. The molecular formula is C20H24N2O. The zero-order valence-corrected chi connectivity index (χ0v) is 14.1. The highest BCUT2D eigenvalue weighted by atomic mass is 16.2. The quantitative estimate of drug-likeness (QED) is 0.850. The topological polar surface area (TPSA) is 23.6 Å². The summed E-state index contributed by atoms with van der Waals surface area (Å²) in [7, 11) is 0. The molecule has 1 unspecified atom stereocenters. The van der Waals surface area contributed by atoms with Crippen molar-refractivity contribution in [2.24, 2.45) is 0 Å². The number of carbonyl (C=O) groups excluding carboxylic acids is 1. The number of para-hydroxylation sites is 2. The van der Waals surface area contributed by atoms with Crippen LogP contribution in [0.2, 0.25) is 0 Å². The molecule has 23 heavy (non-hydrogen) atoms. The van der Waals surface area contributed by atoms with E-state index in [0.29, 0.717) is 0 Å². The smallest absolute Gasteiger partial charge is 0.224 e. The van der Waals surface area contributed by atoms with E-state index in [9.17, 15) is 4.79 Å². The van der Waals surface area contributed by atoms with Crippen LogP contribution in [0.4, 0.5) is 11.4 Å². The zero-order chi connectivity index (χ0) is 16.4. The lowest BCUT2D eigenvalue weighted by atomic mass is 10.0. The van der Waals surface area contributed by atoms with Gasteiger partial charge in [0.05, 0.1) is 17.4 Å². The van der Waals surface area contributed by atoms with E-state index in [2.05, 4.69) is 55.1 Å². The Morgan fingerprint density at radius 3 is 2.52 bits per heavy atom. The Bertz CT molecular complexity index is 710. The summed E-state index contributed by atoms with van der Waals surface area (Å²) in [6.07, 6.45) is 0.957. The first-order chi connectivity index (χ1) is 11.1. The van der Waals surface area contributed by atoms with Crippen LogP contribution in [0.3, 0.4) is 0 Å². The molecule has 0 bridgehead atoms. The van der Waals surface area contributed by atoms with E-state index >= 15 is 0 Å². The van der Waals surface area contributed by atoms with Crippen molar-refractivity contribution in [1.82, 2.24) is 0 Å². The molecule has 120 valence electrons. The summed E-state index contributed by atoms with van der Waals surface area (Å²) in [5.74, 6) is 0.125. The molecule has 0 N–H and O–H groups in total. The van der Waals surface area contributed by atoms with Crippen molar-refractivity contribution in [3.63, 3.8) is 0 Å². The van der Waals surface area contributed by atoms with Crippen molar-refractivity contribution in [1.29, 1.82) is 0 Å². The Balaban J connectivity index is 1.98. The molecule has 0 aromatic heterocycles. The van der Waals surface area contributed by atoms with Gasteiger partial charge in [-0.25, -0.2) is 0 Å². The standard InChI is InChI=1S/C20H24N2O/c1-4-18-14-21(13-17-9-7-8-15(2)12-17)19-10-5-6-11-20(19)22(18)16(3)23/h5-12,18H,4,13-14H2,1-3H3. The third-order valence-corrected chi connectivity index (χ3v) is 4.54. The van der Waals surface area contributed by atoms with Gasteiger partial charge in [0.2, 0.25) is 5.91 Å². The van der Waals surface area contributed by atoms with Crippen molar-refractivity contribution in [2.75, 3.05) is 16.3 Å². The minimum absolute atomic E-state index is 0.125. The fourth-order valence-electron chi connectivity index (χ4n) is 3.49. The molecule has 1 aliphatic heterocycles. The van der Waals surface area contributed by atoms with Crippen LogP contribution in [0.15, 0.2) is 48.5 Å². The molecule has 1 heterocycles. The second kappa shape index (κ2) is 6.45. The lowest BCUT2D eigenvalue weighted by molar-refractivity contribution is -0.117. The Labute approximate surface area is 138 Å². The van der Waals surface area contributed by atoms with E-state index < -0.39 is 0 Å². The van der Waals surface area contributed by atoms with E-state index in [1.54, 1.807) is 6.92 Å². The van der Waals surface area contributed by atoms with E-state index in [4.69, 9.17) is 0 Å². The number of amides is 1. The number of rotatable bonds is 3. The highest BCUT2D eigenvalue weighted by molar-refractivity contribution is 5.97. The second-order valence-corrected chi connectivity index (χ2v) is 6.31. The molecule has 0 aliphatic carbocycles. The van der Waals surface area contributed by atoms with Gasteiger partial charge in [-0.1, -0.05) is 48.9 Å². The largest absolute Gasteiger partial charge is 0.363 e. The number of anilines is 2. The summed E-state index contributed by atoms with van der Waals surface area (Å²) >= 11 is 0. The molecule has 0 radical (unpaired) electrons. The van der Waals surface area contributed by atoms with Crippen LogP contribution in [-0.4, -0.2) is 18.5 Å². The monoisotopic (exact) mass is 308 g/mol. The van der Waals surface area contributed by atoms with Crippen LogP contribution in [0.25, 0.3) is 0 Å². The molecule has 3 nitrogen and oxygen atoms in total. The van der Waals surface area contributed by atoms with Gasteiger partial charge < -0.3 is 9.80 Å². The summed E-state index contributed by atoms with van der Waals surface area (Å²) in [5, 5.41) is 0. The highest BCUT2D eigenvalue weighted by Crippen LogP contribution is 2.37. The first-order valence-electron chi connectivity index (χ1n) is 8.29. The summed E-state index contributed by atoms with van der Waals surface area (Å²) in [5.41, 5.74) is 4.77. The number of benzene rings is 2. The van der Waals surface area contributed by atoms with Gasteiger partial charge in [0, 0.05) is 20.0 Å². The Morgan fingerprint density at radius 1 is 1.13 bits per heavy atom. The number of nitrogens with zero attached hydrogens (tertiary/aromatic N) is 2. The van der Waals surface area contributed by atoms with Crippen LogP contribution in [0.5, 0.6) is 0 Å². The third kappa shape index (κ3) is 3.09. The molecule has 3 rings (SSSR count). The van der Waals surface area contributed by atoms with Gasteiger partial charge in [-0.2, -0.15) is 0 Å². The number of hydrogen-bond donors (Lipinski definition) is 0. The van der Waals surface area contributed by atoms with Gasteiger partial charge in [-0.05, 0) is 31.0 Å². The average Bonchev–Trinajstić information content (AvgIpc) is 2.54. The summed E-state index contributed by atoms with van der Waals surface area (Å²) in [6.45, 7) is 7.69. The SMILES string of the molecule is CCC1CN(Cc2cccc(C)c2)c2ccccc2N1C(C)=O. The number of carbonyl (C=O) groups is 1. The van der Waals surface area contributed by atoms with Crippen LogP contribution in [-0.2, 0) is 11.3 Å². The van der Waals surface area contributed by atoms with Gasteiger partial charge in [0.15, 0.2) is 0 Å². The Hall–Kier alpha value is -2.29. The molecule has 0 fully saturated rings. The minimum Gasteiger partial charge on any atom is -0.363 e. The molecule has 3 heteroatoms. The fourth-order valence-corrected chi connectivity index (χ4v) is 3.49. The van der Waals surface area contributed by atoms with Crippen molar-refractivity contribution < 1.29 is 4.79 Å². The maximum absolute atomic E-state index is 12.1. The molecule has 0 saturated carbocycles. The predicted octanol–water partition coefficient (Wildman–Crippen LogP) is 4.15. The van der Waals surface area contributed by atoms with Gasteiger partial charge >= 0.3 is 0 Å². The molecule has 1 aliphatic rings. The molecule has 2 aromatic carbocycles. The zero-order valence-electron chi connectivity index (χ0n) is 14.1. The Morgan fingerprint density at radius 2 is 1.87 bits per heavy atom. The lowest BCUT2D eigenvalue weighted by Crippen LogP contribution is -2.50. The summed E-state index contributed by atoms with van der Waals surface area (Å²) < 4.78 is 0. The van der Waals surface area contributed by atoms with Crippen LogP contribution in [0, 0.1) is 6.92 Å². The predicted molar refractivity (Wildman–Crippen MR) is 95.9 cm³/mol. The van der Waals surface area contributed by atoms with E-state index in [0.717, 1.165) is 30.9 Å². The molecule has 2 aromatic rings. The molecule has 1 amide bonds. The maximum atomic E-state index is 12.1. The van der Waals surface area contributed by atoms with Crippen molar-refractivity contribution >= 4 is 17.3 Å². The van der Waals surface area contributed by atoms with Gasteiger partial charge in [-0.15, -0.1) is 0 Å². The average molecular weight is 308 g/mol. The number of hydrogen-bond acceptors (Lipinski definition) is 2. The van der Waals surface area contributed by atoms with Gasteiger partial charge in [0.1, 0.15) is 0 Å². The summed E-state index contributed by atoms with van der Waals surface area (Å²) in [6, 6.07) is 17.1. The van der Waals surface area contributed by atoms with E-state index in [1.807, 2.05) is 17.0 Å². The van der Waals surface area contributed by atoms with Crippen LogP contribution in [0.1, 0.15) is 31.4 Å². The van der Waals surface area contributed by atoms with E-state index in [-0.39, 0.29) is 11.9 Å². The summed E-state index contributed by atoms with van der Waals surface area (Å²) in [4.78, 5) is 16.5. The van der Waals surface area contributed by atoms with Gasteiger partial charge in [0.25, 0.3) is 0 Å². The van der Waals surface area contributed by atoms with Crippen LogP contribution >= 0.6 is 0 Å². The fraction of sp³-hybridized carbons (Fsp3) is 0.350.